The fourth-order valence-electron chi connectivity index (χ4n) is 2.02. The summed E-state index contributed by atoms with van der Waals surface area (Å²) in [6.45, 7) is 0. The van der Waals surface area contributed by atoms with Crippen LogP contribution in [-0.2, 0) is 0 Å². The lowest BCUT2D eigenvalue weighted by atomic mass is 10.1. The van der Waals surface area contributed by atoms with Crippen LogP contribution >= 0.6 is 23.2 Å². The van der Waals surface area contributed by atoms with Gasteiger partial charge in [-0.1, -0.05) is 53.5 Å². The number of rotatable bonds is 2. The van der Waals surface area contributed by atoms with Crippen LogP contribution in [0.4, 0.5) is 4.39 Å². The van der Waals surface area contributed by atoms with Crippen LogP contribution in [0.2, 0.25) is 10.0 Å². The first-order valence-corrected chi connectivity index (χ1v) is 6.67. The van der Waals surface area contributed by atoms with Crippen molar-refractivity contribution in [3.05, 3.63) is 70.6 Å². The van der Waals surface area contributed by atoms with Gasteiger partial charge in [0, 0.05) is 10.6 Å². The molecular weight excluding hydrogens is 298 g/mol. The van der Waals surface area contributed by atoms with E-state index in [9.17, 15) is 4.39 Å². The fourth-order valence-corrected chi connectivity index (χ4v) is 2.51. The van der Waals surface area contributed by atoms with Gasteiger partial charge in [-0.05, 0) is 18.2 Å². The smallest absolute Gasteiger partial charge is 0.169 e. The Morgan fingerprint density at radius 2 is 1.75 bits per heavy atom. The first-order valence-electron chi connectivity index (χ1n) is 5.91. The molecule has 100 valence electrons. The van der Waals surface area contributed by atoms with E-state index < -0.39 is 5.82 Å². The molecule has 0 saturated carbocycles. The highest BCUT2D eigenvalue weighted by molar-refractivity contribution is 6.35. The van der Waals surface area contributed by atoms with Crippen LogP contribution in [-0.4, -0.2) is 9.78 Å². The Bertz CT molecular complexity index is 754. The number of hydrogen-bond donors (Lipinski definition) is 0. The van der Waals surface area contributed by atoms with E-state index in [0.29, 0.717) is 21.4 Å². The van der Waals surface area contributed by atoms with E-state index in [-0.39, 0.29) is 0 Å². The summed E-state index contributed by atoms with van der Waals surface area (Å²) in [5.74, 6) is -0.401. The lowest BCUT2D eigenvalue weighted by Crippen LogP contribution is -2.00. The summed E-state index contributed by atoms with van der Waals surface area (Å²) in [6.07, 6.45) is 1.17. The summed E-state index contributed by atoms with van der Waals surface area (Å²) in [6, 6.07) is 14.2. The van der Waals surface area contributed by atoms with Gasteiger partial charge in [0.2, 0.25) is 0 Å². The van der Waals surface area contributed by atoms with Crippen molar-refractivity contribution in [2.45, 2.75) is 0 Å². The van der Waals surface area contributed by atoms with Gasteiger partial charge in [-0.15, -0.1) is 0 Å². The molecule has 3 rings (SSSR count). The highest BCUT2D eigenvalue weighted by atomic mass is 35.5. The zero-order chi connectivity index (χ0) is 14.1. The number of benzene rings is 2. The molecule has 0 radical (unpaired) electrons. The molecule has 0 aliphatic heterocycles. The highest BCUT2D eigenvalue weighted by Gasteiger charge is 2.16. The zero-order valence-electron chi connectivity index (χ0n) is 10.2. The molecule has 2 aromatic carbocycles. The van der Waals surface area contributed by atoms with E-state index in [2.05, 4.69) is 5.10 Å². The van der Waals surface area contributed by atoms with Gasteiger partial charge in [0.1, 0.15) is 5.69 Å². The molecule has 0 atom stereocenters. The first-order chi connectivity index (χ1) is 9.66. The van der Waals surface area contributed by atoms with E-state index >= 15 is 0 Å². The maximum absolute atomic E-state index is 14.0. The van der Waals surface area contributed by atoms with E-state index in [1.807, 2.05) is 30.3 Å². The second-order valence-corrected chi connectivity index (χ2v) is 5.06. The van der Waals surface area contributed by atoms with Crippen LogP contribution < -0.4 is 0 Å². The van der Waals surface area contributed by atoms with Crippen molar-refractivity contribution < 1.29 is 4.39 Å². The summed E-state index contributed by atoms with van der Waals surface area (Å²) in [4.78, 5) is 0. The number of nitrogens with zero attached hydrogens (tertiary/aromatic N) is 2. The van der Waals surface area contributed by atoms with Gasteiger partial charge >= 0.3 is 0 Å². The molecular formula is C15H9Cl2FN2. The average molecular weight is 307 g/mol. The quantitative estimate of drug-likeness (QED) is 0.652. The number of hydrogen-bond acceptors (Lipinski definition) is 1. The Kier molecular flexibility index (Phi) is 3.47. The van der Waals surface area contributed by atoms with Crippen LogP contribution in [0.3, 0.4) is 0 Å². The van der Waals surface area contributed by atoms with Crippen molar-refractivity contribution in [2.75, 3.05) is 0 Å². The maximum Gasteiger partial charge on any atom is 0.169 e. The normalized spacial score (nSPS) is 10.8. The fraction of sp³-hybridized carbons (Fsp3) is 0. The summed E-state index contributed by atoms with van der Waals surface area (Å²) in [7, 11) is 0. The van der Waals surface area contributed by atoms with Crippen LogP contribution in [0.5, 0.6) is 0 Å². The Balaban J connectivity index is 2.21. The third kappa shape index (κ3) is 2.30. The second kappa shape index (κ2) is 5.27. The third-order valence-electron chi connectivity index (χ3n) is 2.91. The SMILES string of the molecule is Fc1cnn(-c2ccc(Cl)cc2Cl)c1-c1ccccc1. The summed E-state index contributed by atoms with van der Waals surface area (Å²) in [5, 5.41) is 5.00. The molecule has 1 aromatic heterocycles. The average Bonchev–Trinajstić information content (AvgIpc) is 2.81. The van der Waals surface area contributed by atoms with E-state index in [4.69, 9.17) is 23.2 Å². The van der Waals surface area contributed by atoms with Crippen LogP contribution in [0, 0.1) is 5.82 Å². The van der Waals surface area contributed by atoms with Gasteiger partial charge in [-0.2, -0.15) is 5.10 Å². The van der Waals surface area contributed by atoms with Crippen LogP contribution in [0.15, 0.2) is 54.7 Å². The maximum atomic E-state index is 14.0. The van der Waals surface area contributed by atoms with Gasteiger partial charge in [-0.3, -0.25) is 0 Å². The predicted molar refractivity (Wildman–Crippen MR) is 79.0 cm³/mol. The molecule has 0 saturated heterocycles. The molecule has 0 amide bonds. The van der Waals surface area contributed by atoms with E-state index in [1.54, 1.807) is 18.2 Å². The Hall–Kier alpha value is -1.84. The summed E-state index contributed by atoms with van der Waals surface area (Å²) < 4.78 is 15.5. The van der Waals surface area contributed by atoms with Crippen molar-refractivity contribution in [2.24, 2.45) is 0 Å². The standard InChI is InChI=1S/C15H9Cl2FN2/c16-11-6-7-14(12(17)8-11)20-15(13(18)9-19-20)10-4-2-1-3-5-10/h1-9H. The molecule has 1 heterocycles. The molecule has 20 heavy (non-hydrogen) atoms. The lowest BCUT2D eigenvalue weighted by Gasteiger charge is -2.09. The summed E-state index contributed by atoms with van der Waals surface area (Å²) >= 11 is 12.0. The number of halogens is 3. The topological polar surface area (TPSA) is 17.8 Å². The van der Waals surface area contributed by atoms with Crippen molar-refractivity contribution in [1.29, 1.82) is 0 Å². The minimum atomic E-state index is -0.401. The van der Waals surface area contributed by atoms with Gasteiger partial charge in [0.25, 0.3) is 0 Å². The lowest BCUT2D eigenvalue weighted by molar-refractivity contribution is 0.631. The van der Waals surface area contributed by atoms with Crippen molar-refractivity contribution >= 4 is 23.2 Å². The molecule has 5 heteroatoms. The predicted octanol–water partition coefficient (Wildman–Crippen LogP) is 4.99. The van der Waals surface area contributed by atoms with Gasteiger partial charge in [0.05, 0.1) is 16.9 Å². The third-order valence-corrected chi connectivity index (χ3v) is 3.45. The van der Waals surface area contributed by atoms with E-state index in [0.717, 1.165) is 5.56 Å². The largest absolute Gasteiger partial charge is 0.228 e. The second-order valence-electron chi connectivity index (χ2n) is 4.21. The molecule has 0 spiro atoms. The van der Waals surface area contributed by atoms with Gasteiger partial charge in [0.15, 0.2) is 5.82 Å². The molecule has 0 bridgehead atoms. The highest BCUT2D eigenvalue weighted by Crippen LogP contribution is 2.30. The Labute approximate surface area is 125 Å². The zero-order valence-corrected chi connectivity index (χ0v) is 11.7. The molecule has 0 aliphatic carbocycles. The molecule has 0 N–H and O–H groups in total. The van der Waals surface area contributed by atoms with Crippen LogP contribution in [0.25, 0.3) is 16.9 Å². The van der Waals surface area contributed by atoms with Crippen LogP contribution in [0.1, 0.15) is 0 Å². The Morgan fingerprint density at radius 1 is 1.00 bits per heavy atom. The van der Waals surface area contributed by atoms with Crippen molar-refractivity contribution in [3.8, 4) is 16.9 Å². The molecule has 0 fully saturated rings. The Morgan fingerprint density at radius 3 is 2.45 bits per heavy atom. The molecule has 3 aromatic rings. The van der Waals surface area contributed by atoms with Gasteiger partial charge in [-0.25, -0.2) is 9.07 Å². The first kappa shape index (κ1) is 13.2. The molecule has 0 aliphatic rings. The minimum Gasteiger partial charge on any atom is -0.228 e. The number of aromatic nitrogens is 2. The van der Waals surface area contributed by atoms with Crippen molar-refractivity contribution in [1.82, 2.24) is 9.78 Å². The summed E-state index contributed by atoms with van der Waals surface area (Å²) in [5.41, 5.74) is 1.68. The van der Waals surface area contributed by atoms with E-state index in [1.165, 1.54) is 10.9 Å². The molecule has 0 unspecified atom stereocenters. The van der Waals surface area contributed by atoms with Crippen molar-refractivity contribution in [3.63, 3.8) is 0 Å². The minimum absolute atomic E-state index is 0.370. The monoisotopic (exact) mass is 306 g/mol. The molecule has 2 nitrogen and oxygen atoms in total. The van der Waals surface area contributed by atoms with Gasteiger partial charge < -0.3 is 0 Å².